The summed E-state index contributed by atoms with van der Waals surface area (Å²) in [6.07, 6.45) is 21.0. The molecule has 6 heteroatoms. The molecule has 0 saturated heterocycles. The fraction of sp³-hybridized carbons (Fsp3) is 0.765. The number of nitrogens with zero attached hydrogens (tertiary/aromatic N) is 2. The summed E-state index contributed by atoms with van der Waals surface area (Å²) in [6, 6.07) is 6.55. The fourth-order valence-corrected chi connectivity index (χ4v) is 4.75. The van der Waals surface area contributed by atoms with Crippen molar-refractivity contribution in [3.05, 3.63) is 35.4 Å². The van der Waals surface area contributed by atoms with Crippen molar-refractivity contribution in [1.82, 2.24) is 9.80 Å². The zero-order valence-corrected chi connectivity index (χ0v) is 26.4. The zero-order chi connectivity index (χ0) is 29.3. The van der Waals surface area contributed by atoms with Crippen LogP contribution in [0.15, 0.2) is 24.3 Å². The van der Waals surface area contributed by atoms with Gasteiger partial charge in [-0.1, -0.05) is 104 Å². The lowest BCUT2D eigenvalue weighted by molar-refractivity contribution is 0.0458. The van der Waals surface area contributed by atoms with E-state index in [0.717, 1.165) is 26.2 Å². The molecule has 0 spiro atoms. The summed E-state index contributed by atoms with van der Waals surface area (Å²) in [4.78, 5) is 29.2. The van der Waals surface area contributed by atoms with Gasteiger partial charge in [-0.25, -0.2) is 9.59 Å². The molecule has 0 saturated carbocycles. The third kappa shape index (κ3) is 19.2. The van der Waals surface area contributed by atoms with Gasteiger partial charge in [0.15, 0.2) is 0 Å². The van der Waals surface area contributed by atoms with E-state index in [2.05, 4.69) is 37.7 Å². The summed E-state index contributed by atoms with van der Waals surface area (Å²) in [5.41, 5.74) is 0.903. The number of likely N-dealkylation sites (N-methyl/N-ethyl adjacent to an activating group) is 2. The van der Waals surface area contributed by atoms with Crippen molar-refractivity contribution in [1.29, 1.82) is 0 Å². The van der Waals surface area contributed by atoms with Gasteiger partial charge in [0.1, 0.15) is 13.2 Å². The van der Waals surface area contributed by atoms with Gasteiger partial charge in [0.05, 0.1) is 11.1 Å². The van der Waals surface area contributed by atoms with Crippen molar-refractivity contribution in [2.45, 2.75) is 117 Å². The van der Waals surface area contributed by atoms with Crippen LogP contribution in [-0.4, -0.2) is 75.2 Å². The molecule has 0 heterocycles. The Morgan fingerprint density at radius 3 is 1.12 bits per heavy atom. The largest absolute Gasteiger partial charge is 0.461 e. The first-order chi connectivity index (χ1) is 19.5. The van der Waals surface area contributed by atoms with Gasteiger partial charge in [0, 0.05) is 13.1 Å². The monoisotopic (exact) mass is 560 g/mol. The number of esters is 2. The minimum absolute atomic E-state index is 0.358. The molecule has 0 aliphatic rings. The summed E-state index contributed by atoms with van der Waals surface area (Å²) >= 11 is 0. The molecule has 1 aromatic rings. The lowest BCUT2D eigenvalue weighted by Gasteiger charge is -2.16. The van der Waals surface area contributed by atoms with Gasteiger partial charge in [0.2, 0.25) is 0 Å². The summed E-state index contributed by atoms with van der Waals surface area (Å²) in [7, 11) is 4.15. The van der Waals surface area contributed by atoms with Crippen LogP contribution in [-0.2, 0) is 9.47 Å². The Morgan fingerprint density at radius 1 is 0.500 bits per heavy atom. The first-order valence-electron chi connectivity index (χ1n) is 16.3. The number of benzene rings is 1. The number of unbranched alkanes of at least 4 members (excludes halogenated alkanes) is 14. The second kappa shape index (κ2) is 24.8. The molecule has 0 N–H and O–H groups in total. The van der Waals surface area contributed by atoms with E-state index in [1.807, 2.05) is 0 Å². The normalized spacial score (nSPS) is 11.3. The number of hydrogen-bond acceptors (Lipinski definition) is 6. The van der Waals surface area contributed by atoms with Gasteiger partial charge < -0.3 is 19.3 Å². The summed E-state index contributed by atoms with van der Waals surface area (Å²) in [5.74, 6) is -0.717. The second-order valence-electron chi connectivity index (χ2n) is 11.4. The molecule has 1 aromatic carbocycles. The van der Waals surface area contributed by atoms with Crippen molar-refractivity contribution >= 4 is 11.9 Å². The van der Waals surface area contributed by atoms with Crippen LogP contribution < -0.4 is 0 Å². The second-order valence-corrected chi connectivity index (χ2v) is 11.4. The Bertz CT molecular complexity index is 690. The third-order valence-corrected chi connectivity index (χ3v) is 7.56. The van der Waals surface area contributed by atoms with E-state index in [1.54, 1.807) is 24.3 Å². The van der Waals surface area contributed by atoms with Gasteiger partial charge in [-0.2, -0.15) is 0 Å². The topological polar surface area (TPSA) is 59.1 Å². The lowest BCUT2D eigenvalue weighted by atomic mass is 10.1. The van der Waals surface area contributed by atoms with E-state index >= 15 is 0 Å². The Kier molecular flexibility index (Phi) is 22.4. The predicted octanol–water partition coefficient (Wildman–Crippen LogP) is 8.15. The van der Waals surface area contributed by atoms with Gasteiger partial charge in [-0.05, 0) is 64.3 Å². The maximum absolute atomic E-state index is 12.4. The van der Waals surface area contributed by atoms with Crippen LogP contribution >= 0.6 is 0 Å². The van der Waals surface area contributed by atoms with E-state index in [0.29, 0.717) is 24.3 Å². The molecule has 0 bridgehead atoms. The van der Waals surface area contributed by atoms with Crippen molar-refractivity contribution in [2.24, 2.45) is 0 Å². The number of hydrogen-bond donors (Lipinski definition) is 0. The standard InChI is InChI=1S/C34H60N2O4/c1-5-7-9-11-13-15-17-19-25-35(3)27-29-39-33(37)31-21-23-32(24-22-31)34(38)40-30-28-36(4)26-20-18-16-14-12-10-8-6-2/h21-24H,5-20,25-30H2,1-4H3. The SMILES string of the molecule is CCCCCCCCCCN(C)CCOC(=O)c1ccc(C(=O)OCCN(C)CCCCCCCCCC)cc1. The molecule has 0 aliphatic heterocycles. The minimum Gasteiger partial charge on any atom is -0.461 e. The molecule has 230 valence electrons. The zero-order valence-electron chi connectivity index (χ0n) is 26.4. The maximum atomic E-state index is 12.4. The number of carbonyl (C=O) groups excluding carboxylic acids is 2. The summed E-state index contributed by atoms with van der Waals surface area (Å²) < 4.78 is 10.9. The number of ether oxygens (including phenoxy) is 2. The summed E-state index contributed by atoms with van der Waals surface area (Å²) in [6.45, 7) is 8.73. The van der Waals surface area contributed by atoms with E-state index in [-0.39, 0.29) is 11.9 Å². The molecule has 0 atom stereocenters. The van der Waals surface area contributed by atoms with E-state index in [4.69, 9.17) is 9.47 Å². The third-order valence-electron chi connectivity index (χ3n) is 7.56. The molecule has 0 aliphatic carbocycles. The van der Waals surface area contributed by atoms with Crippen molar-refractivity contribution < 1.29 is 19.1 Å². The summed E-state index contributed by atoms with van der Waals surface area (Å²) in [5, 5.41) is 0. The van der Waals surface area contributed by atoms with Gasteiger partial charge >= 0.3 is 11.9 Å². The highest BCUT2D eigenvalue weighted by molar-refractivity contribution is 5.93. The lowest BCUT2D eigenvalue weighted by Crippen LogP contribution is -2.25. The number of rotatable bonds is 26. The number of carbonyl (C=O) groups is 2. The minimum atomic E-state index is -0.358. The van der Waals surface area contributed by atoms with Crippen molar-refractivity contribution in [2.75, 3.05) is 53.5 Å². The van der Waals surface area contributed by atoms with E-state index in [1.165, 1.54) is 103 Å². The quantitative estimate of drug-likeness (QED) is 0.0842. The highest BCUT2D eigenvalue weighted by atomic mass is 16.5. The Labute approximate surface area is 246 Å². The van der Waals surface area contributed by atoms with Crippen LogP contribution in [0.4, 0.5) is 0 Å². The Hall–Kier alpha value is -1.92. The maximum Gasteiger partial charge on any atom is 0.338 e. The first kappa shape index (κ1) is 36.1. The molecule has 0 amide bonds. The van der Waals surface area contributed by atoms with Crippen LogP contribution in [0.2, 0.25) is 0 Å². The average molecular weight is 561 g/mol. The molecule has 0 unspecified atom stereocenters. The molecule has 6 nitrogen and oxygen atoms in total. The van der Waals surface area contributed by atoms with E-state index in [9.17, 15) is 9.59 Å². The van der Waals surface area contributed by atoms with Crippen molar-refractivity contribution in [3.63, 3.8) is 0 Å². The highest BCUT2D eigenvalue weighted by Crippen LogP contribution is 2.11. The van der Waals surface area contributed by atoms with Gasteiger partial charge in [-0.15, -0.1) is 0 Å². The molecule has 0 fully saturated rings. The van der Waals surface area contributed by atoms with Crippen LogP contribution in [0.3, 0.4) is 0 Å². The van der Waals surface area contributed by atoms with Gasteiger partial charge in [-0.3, -0.25) is 0 Å². The van der Waals surface area contributed by atoms with Gasteiger partial charge in [0.25, 0.3) is 0 Å². The molecular weight excluding hydrogens is 500 g/mol. The first-order valence-corrected chi connectivity index (χ1v) is 16.3. The molecule has 1 rings (SSSR count). The average Bonchev–Trinajstić information content (AvgIpc) is 2.95. The van der Waals surface area contributed by atoms with Crippen LogP contribution in [0.25, 0.3) is 0 Å². The molecular formula is C34H60N2O4. The molecule has 40 heavy (non-hydrogen) atoms. The molecule has 0 radical (unpaired) electrons. The van der Waals surface area contributed by atoms with Crippen molar-refractivity contribution in [3.8, 4) is 0 Å². The molecule has 0 aromatic heterocycles. The fourth-order valence-electron chi connectivity index (χ4n) is 4.75. The van der Waals surface area contributed by atoms with Crippen LogP contribution in [0, 0.1) is 0 Å². The highest BCUT2D eigenvalue weighted by Gasteiger charge is 2.12. The van der Waals surface area contributed by atoms with Crippen LogP contribution in [0.5, 0.6) is 0 Å². The Balaban J connectivity index is 2.13. The smallest absolute Gasteiger partial charge is 0.338 e. The Morgan fingerprint density at radius 2 is 0.800 bits per heavy atom. The van der Waals surface area contributed by atoms with Crippen LogP contribution in [0.1, 0.15) is 137 Å². The predicted molar refractivity (Wildman–Crippen MR) is 167 cm³/mol. The van der Waals surface area contributed by atoms with E-state index < -0.39 is 0 Å².